The first-order chi connectivity index (χ1) is 10.7. The largest absolute Gasteiger partial charge is 0.470 e. The number of ether oxygens (including phenoxy) is 1. The topological polar surface area (TPSA) is 85.5 Å². The third-order valence-corrected chi connectivity index (χ3v) is 4.01. The van der Waals surface area contributed by atoms with Gasteiger partial charge >= 0.3 is 0 Å². The highest BCUT2D eigenvalue weighted by Crippen LogP contribution is 2.20. The molecule has 0 aliphatic carbocycles. The van der Waals surface area contributed by atoms with Crippen LogP contribution in [-0.4, -0.2) is 54.6 Å². The zero-order valence-corrected chi connectivity index (χ0v) is 12.5. The molecule has 4 heterocycles. The summed E-state index contributed by atoms with van der Waals surface area (Å²) in [5.74, 6) is 1.04. The maximum absolute atomic E-state index is 12.1. The van der Waals surface area contributed by atoms with Gasteiger partial charge in [-0.1, -0.05) is 0 Å². The molecule has 3 aromatic rings. The lowest BCUT2D eigenvalue weighted by molar-refractivity contribution is 0.0147. The molecule has 0 aromatic carbocycles. The predicted octanol–water partition coefficient (Wildman–Crippen LogP) is 0.793. The van der Waals surface area contributed by atoms with E-state index in [1.807, 2.05) is 13.0 Å². The highest BCUT2D eigenvalue weighted by molar-refractivity contribution is 7.07. The van der Waals surface area contributed by atoms with Gasteiger partial charge in [-0.15, -0.1) is 11.3 Å². The fourth-order valence-electron chi connectivity index (χ4n) is 2.31. The SMILES string of the molecule is Cc1cc(OC2CN(C(=O)c3cscn3)C2)n2ncnc2n1. The molecule has 8 nitrogen and oxygen atoms in total. The summed E-state index contributed by atoms with van der Waals surface area (Å²) in [7, 11) is 0. The molecule has 1 aliphatic rings. The first-order valence-electron chi connectivity index (χ1n) is 6.72. The van der Waals surface area contributed by atoms with Crippen LogP contribution in [0.1, 0.15) is 16.2 Å². The number of carbonyl (C=O) groups excluding carboxylic acids is 1. The van der Waals surface area contributed by atoms with Crippen molar-refractivity contribution in [2.75, 3.05) is 13.1 Å². The summed E-state index contributed by atoms with van der Waals surface area (Å²) >= 11 is 1.41. The lowest BCUT2D eigenvalue weighted by atomic mass is 10.1. The van der Waals surface area contributed by atoms with Crippen LogP contribution in [0.3, 0.4) is 0 Å². The summed E-state index contributed by atoms with van der Waals surface area (Å²) in [5, 5.41) is 5.85. The summed E-state index contributed by atoms with van der Waals surface area (Å²) in [5.41, 5.74) is 2.95. The lowest BCUT2D eigenvalue weighted by Gasteiger charge is -2.38. The van der Waals surface area contributed by atoms with Crippen LogP contribution in [0.4, 0.5) is 0 Å². The Labute approximate surface area is 129 Å². The van der Waals surface area contributed by atoms with Crippen LogP contribution in [0.5, 0.6) is 5.88 Å². The van der Waals surface area contributed by atoms with Crippen molar-refractivity contribution in [1.29, 1.82) is 0 Å². The Bertz CT molecular complexity index is 824. The Kier molecular flexibility index (Phi) is 3.00. The average molecular weight is 316 g/mol. The number of thiazole rings is 1. The number of likely N-dealkylation sites (tertiary alicyclic amines) is 1. The van der Waals surface area contributed by atoms with E-state index in [9.17, 15) is 4.79 Å². The number of amides is 1. The third kappa shape index (κ3) is 2.19. The Morgan fingerprint density at radius 3 is 3.05 bits per heavy atom. The minimum atomic E-state index is -0.0585. The molecule has 4 rings (SSSR count). The number of fused-ring (bicyclic) bond motifs is 1. The second-order valence-corrected chi connectivity index (χ2v) is 5.75. The van der Waals surface area contributed by atoms with Crippen LogP contribution in [0, 0.1) is 6.92 Å². The van der Waals surface area contributed by atoms with Crippen molar-refractivity contribution in [2.24, 2.45) is 0 Å². The molecule has 1 saturated heterocycles. The first-order valence-corrected chi connectivity index (χ1v) is 7.66. The van der Waals surface area contributed by atoms with Gasteiger partial charge in [-0.3, -0.25) is 4.79 Å². The van der Waals surface area contributed by atoms with Crippen LogP contribution in [0.25, 0.3) is 5.78 Å². The maximum Gasteiger partial charge on any atom is 0.273 e. The normalized spacial score (nSPS) is 15.0. The van der Waals surface area contributed by atoms with Gasteiger partial charge in [-0.05, 0) is 6.92 Å². The number of hydrogen-bond donors (Lipinski definition) is 0. The molecule has 1 fully saturated rings. The second kappa shape index (κ2) is 5.02. The minimum absolute atomic E-state index is 0.0575. The van der Waals surface area contributed by atoms with Gasteiger partial charge in [0, 0.05) is 17.1 Å². The molecular weight excluding hydrogens is 304 g/mol. The van der Waals surface area contributed by atoms with Gasteiger partial charge in [0.25, 0.3) is 11.7 Å². The number of hydrogen-bond acceptors (Lipinski definition) is 7. The number of carbonyl (C=O) groups is 1. The quantitative estimate of drug-likeness (QED) is 0.710. The Hall–Kier alpha value is -2.55. The number of aryl methyl sites for hydroxylation is 1. The van der Waals surface area contributed by atoms with Crippen LogP contribution in [0.15, 0.2) is 23.3 Å². The highest BCUT2D eigenvalue weighted by atomic mass is 32.1. The molecule has 0 radical (unpaired) electrons. The molecule has 112 valence electrons. The molecule has 22 heavy (non-hydrogen) atoms. The maximum atomic E-state index is 12.1. The molecule has 0 unspecified atom stereocenters. The lowest BCUT2D eigenvalue weighted by Crippen LogP contribution is -2.56. The van der Waals surface area contributed by atoms with E-state index in [-0.39, 0.29) is 12.0 Å². The van der Waals surface area contributed by atoms with Gasteiger partial charge in [-0.25, -0.2) is 9.97 Å². The van der Waals surface area contributed by atoms with E-state index < -0.39 is 0 Å². The van der Waals surface area contributed by atoms with E-state index in [0.29, 0.717) is 30.4 Å². The molecule has 9 heteroatoms. The Morgan fingerprint density at radius 1 is 1.41 bits per heavy atom. The van der Waals surface area contributed by atoms with Gasteiger partial charge < -0.3 is 9.64 Å². The standard InChI is InChI=1S/C13H12N6O2S/c1-8-2-11(19-13(17-8)14-6-16-19)21-9-3-18(4-9)12(20)10-5-22-7-15-10/h2,5-7,9H,3-4H2,1H3. The van der Waals surface area contributed by atoms with Gasteiger partial charge in [0.05, 0.1) is 18.6 Å². The van der Waals surface area contributed by atoms with Crippen molar-refractivity contribution in [1.82, 2.24) is 29.5 Å². The summed E-state index contributed by atoms with van der Waals surface area (Å²) in [6, 6.07) is 1.81. The van der Waals surface area contributed by atoms with Gasteiger partial charge in [0.2, 0.25) is 5.88 Å². The smallest absolute Gasteiger partial charge is 0.273 e. The van der Waals surface area contributed by atoms with Crippen molar-refractivity contribution in [3.63, 3.8) is 0 Å². The molecular formula is C13H12N6O2S. The van der Waals surface area contributed by atoms with E-state index in [0.717, 1.165) is 5.69 Å². The molecule has 0 saturated carbocycles. The zero-order valence-electron chi connectivity index (χ0n) is 11.7. The first kappa shape index (κ1) is 13.1. The Morgan fingerprint density at radius 2 is 2.27 bits per heavy atom. The van der Waals surface area contributed by atoms with E-state index in [2.05, 4.69) is 20.1 Å². The molecule has 3 aromatic heterocycles. The molecule has 0 spiro atoms. The van der Waals surface area contributed by atoms with Crippen LogP contribution >= 0.6 is 11.3 Å². The second-order valence-electron chi connectivity index (χ2n) is 5.03. The van der Waals surface area contributed by atoms with E-state index >= 15 is 0 Å². The minimum Gasteiger partial charge on any atom is -0.470 e. The fourth-order valence-corrected chi connectivity index (χ4v) is 2.84. The van der Waals surface area contributed by atoms with Crippen molar-refractivity contribution in [3.05, 3.63) is 34.7 Å². The average Bonchev–Trinajstić information content (AvgIpc) is 3.11. The van der Waals surface area contributed by atoms with Crippen molar-refractivity contribution >= 4 is 23.0 Å². The monoisotopic (exact) mass is 316 g/mol. The van der Waals surface area contributed by atoms with E-state index in [1.165, 1.54) is 17.7 Å². The molecule has 1 amide bonds. The summed E-state index contributed by atoms with van der Waals surface area (Å²) < 4.78 is 7.46. The number of aromatic nitrogens is 5. The zero-order chi connectivity index (χ0) is 15.1. The molecule has 0 N–H and O–H groups in total. The number of nitrogens with zero attached hydrogens (tertiary/aromatic N) is 6. The van der Waals surface area contributed by atoms with E-state index in [4.69, 9.17) is 4.74 Å². The highest BCUT2D eigenvalue weighted by Gasteiger charge is 2.34. The fraction of sp³-hybridized carbons (Fsp3) is 0.308. The Balaban J connectivity index is 1.45. The summed E-state index contributed by atoms with van der Waals surface area (Å²) in [4.78, 5) is 26.2. The summed E-state index contributed by atoms with van der Waals surface area (Å²) in [6.07, 6.45) is 1.38. The van der Waals surface area contributed by atoms with Crippen molar-refractivity contribution in [3.8, 4) is 5.88 Å². The van der Waals surface area contributed by atoms with Crippen LogP contribution < -0.4 is 4.74 Å². The van der Waals surface area contributed by atoms with Gasteiger partial charge in [-0.2, -0.15) is 14.6 Å². The van der Waals surface area contributed by atoms with Gasteiger partial charge in [0.15, 0.2) is 0 Å². The molecule has 1 aliphatic heterocycles. The van der Waals surface area contributed by atoms with Crippen LogP contribution in [0.2, 0.25) is 0 Å². The van der Waals surface area contributed by atoms with Crippen molar-refractivity contribution < 1.29 is 9.53 Å². The van der Waals surface area contributed by atoms with Crippen LogP contribution in [-0.2, 0) is 0 Å². The van der Waals surface area contributed by atoms with Crippen molar-refractivity contribution in [2.45, 2.75) is 13.0 Å². The molecule has 0 bridgehead atoms. The van der Waals surface area contributed by atoms with E-state index in [1.54, 1.807) is 20.3 Å². The van der Waals surface area contributed by atoms with Gasteiger partial charge in [0.1, 0.15) is 18.1 Å². The third-order valence-electron chi connectivity index (χ3n) is 3.42. The molecule has 0 atom stereocenters. The summed E-state index contributed by atoms with van der Waals surface area (Å²) in [6.45, 7) is 2.95. The predicted molar refractivity (Wildman–Crippen MR) is 78.0 cm³/mol. The number of rotatable bonds is 3.